The van der Waals surface area contributed by atoms with Crippen molar-refractivity contribution in [2.24, 2.45) is 0 Å². The third-order valence-corrected chi connectivity index (χ3v) is 4.46. The summed E-state index contributed by atoms with van der Waals surface area (Å²) < 4.78 is 5.80. The average molecular weight is 304 g/mol. The van der Waals surface area contributed by atoms with Crippen LogP contribution in [0, 0.1) is 0 Å². The predicted molar refractivity (Wildman–Crippen MR) is 90.3 cm³/mol. The minimum absolute atomic E-state index is 0.108. The fourth-order valence-corrected chi connectivity index (χ4v) is 3.31. The van der Waals surface area contributed by atoms with E-state index in [9.17, 15) is 0 Å². The molecule has 1 aliphatic rings. The molecule has 1 saturated heterocycles. The maximum absolute atomic E-state index is 5.80. The zero-order chi connectivity index (χ0) is 15.5. The largest absolute Gasteiger partial charge is 0.447 e. The highest BCUT2D eigenvalue weighted by Crippen LogP contribution is 2.33. The third kappa shape index (κ3) is 2.92. The lowest BCUT2D eigenvalue weighted by molar-refractivity contribution is 0.429. The lowest BCUT2D eigenvalue weighted by atomic mass is 9.89. The van der Waals surface area contributed by atoms with E-state index in [0.29, 0.717) is 0 Å². The first kappa shape index (κ1) is 14.2. The van der Waals surface area contributed by atoms with E-state index in [-0.39, 0.29) is 12.0 Å². The Hall–Kier alpha value is -2.39. The zero-order valence-electron chi connectivity index (χ0n) is 13.0. The molecule has 0 radical (unpaired) electrons. The van der Waals surface area contributed by atoms with Crippen molar-refractivity contribution < 1.29 is 4.42 Å². The van der Waals surface area contributed by atoms with Crippen LogP contribution in [-0.4, -0.2) is 11.5 Å². The second kappa shape index (κ2) is 6.39. The van der Waals surface area contributed by atoms with Crippen molar-refractivity contribution in [2.75, 3.05) is 6.54 Å². The molecule has 3 heteroatoms. The van der Waals surface area contributed by atoms with Gasteiger partial charge in [0.25, 0.3) is 0 Å². The molecule has 0 amide bonds. The molecule has 1 aromatic heterocycles. The van der Waals surface area contributed by atoms with Crippen molar-refractivity contribution in [1.29, 1.82) is 0 Å². The molecule has 3 nitrogen and oxygen atoms in total. The van der Waals surface area contributed by atoms with E-state index in [1.165, 1.54) is 17.5 Å². The van der Waals surface area contributed by atoms with Gasteiger partial charge < -0.3 is 9.73 Å². The van der Waals surface area contributed by atoms with Crippen molar-refractivity contribution >= 4 is 0 Å². The Kier molecular flexibility index (Phi) is 3.95. The first-order valence-electron chi connectivity index (χ1n) is 8.20. The summed E-state index contributed by atoms with van der Waals surface area (Å²) in [6.45, 7) is 1.04. The van der Waals surface area contributed by atoms with Gasteiger partial charge in [-0.05, 0) is 30.5 Å². The molecule has 116 valence electrons. The summed E-state index contributed by atoms with van der Waals surface area (Å²) in [5, 5.41) is 3.45. The third-order valence-electron chi connectivity index (χ3n) is 4.46. The fourth-order valence-electron chi connectivity index (χ4n) is 3.31. The lowest BCUT2D eigenvalue weighted by Gasteiger charge is -2.15. The molecule has 2 heterocycles. The molecule has 1 atom stereocenters. The van der Waals surface area contributed by atoms with Crippen LogP contribution < -0.4 is 5.32 Å². The molecule has 0 spiro atoms. The zero-order valence-corrected chi connectivity index (χ0v) is 13.0. The summed E-state index contributed by atoms with van der Waals surface area (Å²) in [6.07, 6.45) is 4.10. The van der Waals surface area contributed by atoms with Crippen LogP contribution in [-0.2, 0) is 0 Å². The molecule has 1 fully saturated rings. The van der Waals surface area contributed by atoms with Gasteiger partial charge in [0.2, 0.25) is 5.89 Å². The van der Waals surface area contributed by atoms with Crippen molar-refractivity contribution in [1.82, 2.24) is 10.3 Å². The van der Waals surface area contributed by atoms with Crippen molar-refractivity contribution in [2.45, 2.75) is 24.8 Å². The van der Waals surface area contributed by atoms with Gasteiger partial charge in [-0.15, -0.1) is 0 Å². The summed E-state index contributed by atoms with van der Waals surface area (Å²) in [6, 6.07) is 21.3. The predicted octanol–water partition coefficient (Wildman–Crippen LogP) is 4.28. The molecule has 1 N–H and O–H groups in total. The van der Waals surface area contributed by atoms with Crippen LogP contribution in [0.15, 0.2) is 71.3 Å². The summed E-state index contributed by atoms with van der Waals surface area (Å²) in [4.78, 5) is 4.82. The lowest BCUT2D eigenvalue weighted by Crippen LogP contribution is -2.13. The number of benzene rings is 2. The molecule has 1 aliphatic heterocycles. The molecular weight excluding hydrogens is 284 g/mol. The summed E-state index contributed by atoms with van der Waals surface area (Å²) in [7, 11) is 0. The fraction of sp³-hybridized carbons (Fsp3) is 0.250. The van der Waals surface area contributed by atoms with E-state index >= 15 is 0 Å². The SMILES string of the molecule is c1ccc(C(c2ccccc2)c2coc([C@@H]3CCCN3)n2)cc1. The molecule has 23 heavy (non-hydrogen) atoms. The smallest absolute Gasteiger partial charge is 0.211 e. The monoisotopic (exact) mass is 304 g/mol. The van der Waals surface area contributed by atoms with Gasteiger partial charge in [-0.25, -0.2) is 4.98 Å². The number of hydrogen-bond acceptors (Lipinski definition) is 3. The van der Waals surface area contributed by atoms with E-state index in [2.05, 4.69) is 53.8 Å². The summed E-state index contributed by atoms with van der Waals surface area (Å²) in [5.74, 6) is 0.922. The number of hydrogen-bond donors (Lipinski definition) is 1. The van der Waals surface area contributed by atoms with Gasteiger partial charge in [0, 0.05) is 0 Å². The standard InChI is InChI=1S/C20H20N2O/c1-3-8-15(9-4-1)19(16-10-5-2-6-11-16)18-14-23-20(22-18)17-12-7-13-21-17/h1-6,8-11,14,17,19,21H,7,12-13H2/t17-/m0/s1. The van der Waals surface area contributed by atoms with Crippen LogP contribution in [0.4, 0.5) is 0 Å². The van der Waals surface area contributed by atoms with Crippen molar-refractivity contribution in [3.63, 3.8) is 0 Å². The minimum atomic E-state index is 0.108. The maximum atomic E-state index is 5.80. The molecule has 2 aromatic carbocycles. The summed E-state index contributed by atoms with van der Waals surface area (Å²) in [5.41, 5.74) is 3.45. The van der Waals surface area contributed by atoms with E-state index in [4.69, 9.17) is 9.40 Å². The van der Waals surface area contributed by atoms with Gasteiger partial charge in [0.15, 0.2) is 0 Å². The number of oxazole rings is 1. The van der Waals surface area contributed by atoms with Gasteiger partial charge in [0.1, 0.15) is 6.26 Å². The average Bonchev–Trinajstić information content (AvgIpc) is 3.29. The molecule has 0 unspecified atom stereocenters. The molecule has 0 aliphatic carbocycles. The Morgan fingerprint density at radius 3 is 2.17 bits per heavy atom. The number of nitrogens with zero attached hydrogens (tertiary/aromatic N) is 1. The van der Waals surface area contributed by atoms with Gasteiger partial charge in [-0.1, -0.05) is 60.7 Å². The Morgan fingerprint density at radius 2 is 1.61 bits per heavy atom. The van der Waals surface area contributed by atoms with Gasteiger partial charge >= 0.3 is 0 Å². The molecule has 3 aromatic rings. The topological polar surface area (TPSA) is 38.1 Å². The van der Waals surface area contributed by atoms with Crippen LogP contribution in [0.5, 0.6) is 0 Å². The highest BCUT2D eigenvalue weighted by molar-refractivity contribution is 5.39. The maximum Gasteiger partial charge on any atom is 0.211 e. The summed E-state index contributed by atoms with van der Waals surface area (Å²) >= 11 is 0. The Morgan fingerprint density at radius 1 is 0.957 bits per heavy atom. The van der Waals surface area contributed by atoms with Crippen LogP contribution in [0.25, 0.3) is 0 Å². The van der Waals surface area contributed by atoms with Crippen LogP contribution in [0.2, 0.25) is 0 Å². The number of rotatable bonds is 4. The minimum Gasteiger partial charge on any atom is -0.447 e. The number of nitrogens with one attached hydrogen (secondary N) is 1. The number of aromatic nitrogens is 1. The second-order valence-electron chi connectivity index (χ2n) is 6.01. The highest BCUT2D eigenvalue weighted by atomic mass is 16.3. The molecule has 4 rings (SSSR count). The Labute approximate surface area is 136 Å². The van der Waals surface area contributed by atoms with E-state index in [1.54, 1.807) is 0 Å². The van der Waals surface area contributed by atoms with Crippen LogP contribution in [0.1, 0.15) is 47.5 Å². The van der Waals surface area contributed by atoms with Gasteiger partial charge in [0.05, 0.1) is 17.7 Å². The molecule has 0 saturated carbocycles. The second-order valence-corrected chi connectivity index (χ2v) is 6.01. The molecular formula is C20H20N2O. The Balaban J connectivity index is 1.73. The molecule has 0 bridgehead atoms. The van der Waals surface area contributed by atoms with Crippen LogP contribution >= 0.6 is 0 Å². The highest BCUT2D eigenvalue weighted by Gasteiger charge is 2.25. The van der Waals surface area contributed by atoms with E-state index < -0.39 is 0 Å². The van der Waals surface area contributed by atoms with Gasteiger partial charge in [-0.3, -0.25) is 0 Å². The van der Waals surface area contributed by atoms with E-state index in [1.807, 2.05) is 18.4 Å². The first-order chi connectivity index (χ1) is 11.4. The van der Waals surface area contributed by atoms with Crippen molar-refractivity contribution in [3.05, 3.63) is 89.6 Å². The Bertz CT molecular complexity index is 706. The normalized spacial score (nSPS) is 17.7. The van der Waals surface area contributed by atoms with Crippen LogP contribution in [0.3, 0.4) is 0 Å². The first-order valence-corrected chi connectivity index (χ1v) is 8.20. The van der Waals surface area contributed by atoms with E-state index in [0.717, 1.165) is 24.6 Å². The van der Waals surface area contributed by atoms with Gasteiger partial charge in [-0.2, -0.15) is 0 Å². The van der Waals surface area contributed by atoms with Crippen molar-refractivity contribution in [3.8, 4) is 0 Å². The quantitative estimate of drug-likeness (QED) is 0.782.